The number of nitrogens with zero attached hydrogens (tertiary/aromatic N) is 1. The highest BCUT2D eigenvalue weighted by Gasteiger charge is 2.51. The molecule has 2 fully saturated rings. The average molecular weight is 310 g/mol. The maximum atomic E-state index is 11.8. The lowest BCUT2D eigenvalue weighted by Crippen LogP contribution is -2.67. The normalized spacial score (nSPS) is 32.5. The summed E-state index contributed by atoms with van der Waals surface area (Å²) >= 11 is 0. The maximum Gasteiger partial charge on any atom is 0.0830 e. The summed E-state index contributed by atoms with van der Waals surface area (Å²) < 4.78 is 0. The zero-order valence-electron chi connectivity index (χ0n) is 15.9. The second-order valence-corrected chi connectivity index (χ2v) is 9.80. The van der Waals surface area contributed by atoms with Crippen molar-refractivity contribution in [2.24, 2.45) is 5.92 Å². The van der Waals surface area contributed by atoms with E-state index in [0.717, 1.165) is 12.8 Å². The quantitative estimate of drug-likeness (QED) is 0.763. The van der Waals surface area contributed by atoms with Crippen molar-refractivity contribution in [3.63, 3.8) is 0 Å². The molecule has 1 N–H and O–H groups in total. The molecule has 0 amide bonds. The van der Waals surface area contributed by atoms with Gasteiger partial charge in [-0.05, 0) is 73.1 Å². The van der Waals surface area contributed by atoms with Crippen molar-refractivity contribution in [1.29, 1.82) is 0 Å². The fourth-order valence-corrected chi connectivity index (χ4v) is 5.54. The van der Waals surface area contributed by atoms with Crippen molar-refractivity contribution < 1.29 is 5.11 Å². The van der Waals surface area contributed by atoms with E-state index in [2.05, 4.69) is 46.4 Å². The topological polar surface area (TPSA) is 23.5 Å². The summed E-state index contributed by atoms with van der Waals surface area (Å²) in [5.41, 5.74) is -0.301. The van der Waals surface area contributed by atoms with E-state index in [9.17, 15) is 5.11 Å². The SMILES string of the molecule is CC(C)(C)N(C1CCCCC1(O)C1CCCCC1)C(C)(C)C. The summed E-state index contributed by atoms with van der Waals surface area (Å²) in [5.74, 6) is 0.513. The smallest absolute Gasteiger partial charge is 0.0830 e. The Balaban J connectivity index is 2.34. The minimum absolute atomic E-state index is 0.0862. The molecule has 2 heteroatoms. The van der Waals surface area contributed by atoms with Crippen LogP contribution in [0, 0.1) is 5.92 Å². The summed E-state index contributed by atoms with van der Waals surface area (Å²) in [6.45, 7) is 13.9. The Morgan fingerprint density at radius 1 is 0.773 bits per heavy atom. The zero-order valence-corrected chi connectivity index (χ0v) is 15.9. The summed E-state index contributed by atoms with van der Waals surface area (Å²) in [4.78, 5) is 2.63. The molecule has 2 aliphatic rings. The molecule has 2 nitrogen and oxygen atoms in total. The van der Waals surface area contributed by atoms with E-state index in [-0.39, 0.29) is 11.1 Å². The molecule has 0 spiro atoms. The van der Waals surface area contributed by atoms with Crippen molar-refractivity contribution in [1.82, 2.24) is 4.90 Å². The molecule has 130 valence electrons. The summed E-state index contributed by atoms with van der Waals surface area (Å²) in [5, 5.41) is 11.8. The molecule has 2 rings (SSSR count). The van der Waals surface area contributed by atoms with E-state index < -0.39 is 5.60 Å². The average Bonchev–Trinajstić information content (AvgIpc) is 2.39. The Labute approximate surface area is 138 Å². The van der Waals surface area contributed by atoms with Gasteiger partial charge in [0.05, 0.1) is 5.60 Å². The molecule has 0 saturated heterocycles. The van der Waals surface area contributed by atoms with Crippen LogP contribution in [0.5, 0.6) is 0 Å². The molecule has 2 atom stereocenters. The van der Waals surface area contributed by atoms with Gasteiger partial charge in [-0.25, -0.2) is 0 Å². The molecule has 0 aromatic rings. The molecule has 22 heavy (non-hydrogen) atoms. The maximum absolute atomic E-state index is 11.8. The Bertz CT molecular complexity index is 345. The molecule has 0 bridgehead atoms. The lowest BCUT2D eigenvalue weighted by atomic mass is 9.65. The second-order valence-electron chi connectivity index (χ2n) is 9.80. The van der Waals surface area contributed by atoms with E-state index in [4.69, 9.17) is 0 Å². The molecular weight excluding hydrogens is 270 g/mol. The lowest BCUT2D eigenvalue weighted by molar-refractivity contribution is -0.161. The first-order chi connectivity index (χ1) is 10.1. The van der Waals surface area contributed by atoms with Crippen LogP contribution in [-0.4, -0.2) is 32.7 Å². The third kappa shape index (κ3) is 3.70. The van der Waals surface area contributed by atoms with Crippen LogP contribution in [0.15, 0.2) is 0 Å². The predicted octanol–water partition coefficient (Wildman–Crippen LogP) is 5.14. The van der Waals surface area contributed by atoms with Crippen LogP contribution < -0.4 is 0 Å². The van der Waals surface area contributed by atoms with Crippen molar-refractivity contribution in [3.05, 3.63) is 0 Å². The fourth-order valence-electron chi connectivity index (χ4n) is 5.54. The summed E-state index contributed by atoms with van der Waals surface area (Å²) in [6, 6.07) is 0.310. The standard InChI is InChI=1S/C20H39NO/c1-18(2,3)21(19(4,5)6)17-14-10-11-15-20(17,22)16-12-8-7-9-13-16/h16-17,22H,7-15H2,1-6H3. The molecule has 0 aromatic carbocycles. The van der Waals surface area contributed by atoms with Gasteiger partial charge in [0, 0.05) is 17.1 Å². The van der Waals surface area contributed by atoms with Crippen LogP contribution in [0.1, 0.15) is 99.3 Å². The molecule has 2 unspecified atom stereocenters. The second kappa shape index (κ2) is 6.43. The summed E-state index contributed by atoms with van der Waals surface area (Å²) in [7, 11) is 0. The van der Waals surface area contributed by atoms with Crippen LogP contribution in [0.3, 0.4) is 0 Å². The van der Waals surface area contributed by atoms with E-state index >= 15 is 0 Å². The third-order valence-electron chi connectivity index (χ3n) is 5.95. The van der Waals surface area contributed by atoms with Crippen LogP contribution in [0.25, 0.3) is 0 Å². The van der Waals surface area contributed by atoms with Gasteiger partial charge in [-0.3, -0.25) is 4.90 Å². The van der Waals surface area contributed by atoms with Gasteiger partial charge in [0.2, 0.25) is 0 Å². The number of hydrogen-bond donors (Lipinski definition) is 1. The van der Waals surface area contributed by atoms with Gasteiger partial charge in [-0.2, -0.15) is 0 Å². The minimum Gasteiger partial charge on any atom is -0.388 e. The van der Waals surface area contributed by atoms with Crippen molar-refractivity contribution in [2.75, 3.05) is 0 Å². The van der Waals surface area contributed by atoms with E-state index in [1.807, 2.05) is 0 Å². The molecule has 0 radical (unpaired) electrons. The van der Waals surface area contributed by atoms with E-state index in [1.165, 1.54) is 44.9 Å². The van der Waals surface area contributed by atoms with Crippen LogP contribution in [-0.2, 0) is 0 Å². The van der Waals surface area contributed by atoms with Gasteiger partial charge < -0.3 is 5.11 Å². The molecule has 2 aliphatic carbocycles. The Hall–Kier alpha value is -0.0800. The Kier molecular flexibility index (Phi) is 5.34. The highest BCUT2D eigenvalue weighted by Crippen LogP contribution is 2.46. The first kappa shape index (κ1) is 18.3. The minimum atomic E-state index is -0.473. The van der Waals surface area contributed by atoms with Crippen molar-refractivity contribution in [2.45, 2.75) is 122 Å². The van der Waals surface area contributed by atoms with Gasteiger partial charge in [-0.15, -0.1) is 0 Å². The van der Waals surface area contributed by atoms with Gasteiger partial charge in [0.1, 0.15) is 0 Å². The van der Waals surface area contributed by atoms with Crippen molar-refractivity contribution >= 4 is 0 Å². The van der Waals surface area contributed by atoms with Crippen LogP contribution >= 0.6 is 0 Å². The zero-order chi connectivity index (χ0) is 16.6. The Morgan fingerprint density at radius 3 is 1.77 bits per heavy atom. The highest BCUT2D eigenvalue weighted by molar-refractivity contribution is 5.06. The van der Waals surface area contributed by atoms with Crippen LogP contribution in [0.2, 0.25) is 0 Å². The predicted molar refractivity (Wildman–Crippen MR) is 95.1 cm³/mol. The first-order valence-corrected chi connectivity index (χ1v) is 9.58. The number of aliphatic hydroxyl groups is 1. The monoisotopic (exact) mass is 309 g/mol. The third-order valence-corrected chi connectivity index (χ3v) is 5.95. The molecular formula is C20H39NO. The number of rotatable bonds is 2. The fraction of sp³-hybridized carbons (Fsp3) is 1.00. The largest absolute Gasteiger partial charge is 0.388 e. The van der Waals surface area contributed by atoms with Crippen molar-refractivity contribution in [3.8, 4) is 0 Å². The highest BCUT2D eigenvalue weighted by atomic mass is 16.3. The Morgan fingerprint density at radius 2 is 1.27 bits per heavy atom. The molecule has 0 aromatic heterocycles. The van der Waals surface area contributed by atoms with E-state index in [0.29, 0.717) is 12.0 Å². The number of hydrogen-bond acceptors (Lipinski definition) is 2. The van der Waals surface area contributed by atoms with Gasteiger partial charge in [-0.1, -0.05) is 32.1 Å². The van der Waals surface area contributed by atoms with Gasteiger partial charge in [0.15, 0.2) is 0 Å². The molecule has 0 aliphatic heterocycles. The first-order valence-electron chi connectivity index (χ1n) is 9.58. The molecule has 2 saturated carbocycles. The van der Waals surface area contributed by atoms with Crippen LogP contribution in [0.4, 0.5) is 0 Å². The summed E-state index contributed by atoms with van der Waals surface area (Å²) in [6.07, 6.45) is 11.1. The van der Waals surface area contributed by atoms with Gasteiger partial charge >= 0.3 is 0 Å². The molecule has 0 heterocycles. The van der Waals surface area contributed by atoms with Gasteiger partial charge in [0.25, 0.3) is 0 Å². The lowest BCUT2D eigenvalue weighted by Gasteiger charge is -2.58. The van der Waals surface area contributed by atoms with E-state index in [1.54, 1.807) is 0 Å².